The lowest BCUT2D eigenvalue weighted by Crippen LogP contribution is -2.01. The van der Waals surface area contributed by atoms with Crippen molar-refractivity contribution in [2.24, 2.45) is 0 Å². The second-order valence-electron chi connectivity index (χ2n) is 4.99. The molecule has 3 rings (SSSR count). The van der Waals surface area contributed by atoms with Gasteiger partial charge in [0.15, 0.2) is 5.65 Å². The zero-order chi connectivity index (χ0) is 16.0. The summed E-state index contributed by atoms with van der Waals surface area (Å²) >= 11 is 5.90. The van der Waals surface area contributed by atoms with Gasteiger partial charge >= 0.3 is 0 Å². The number of hydrogen-bond acceptors (Lipinski definition) is 4. The van der Waals surface area contributed by atoms with Gasteiger partial charge in [-0.2, -0.15) is 4.98 Å². The Kier molecular flexibility index (Phi) is 3.48. The molecule has 0 aliphatic carbocycles. The summed E-state index contributed by atoms with van der Waals surface area (Å²) in [5, 5.41) is -0.0681. The first-order chi connectivity index (χ1) is 10.4. The Morgan fingerprint density at radius 1 is 0.864 bits per heavy atom. The number of rotatable bonds is 1. The fourth-order valence-electron chi connectivity index (χ4n) is 2.11. The maximum absolute atomic E-state index is 14.2. The lowest BCUT2D eigenvalue weighted by atomic mass is 10.1. The highest BCUT2D eigenvalue weighted by Gasteiger charge is 2.17. The van der Waals surface area contributed by atoms with Crippen molar-refractivity contribution in [1.82, 2.24) is 19.9 Å². The number of fused-ring (bicyclic) bond motifs is 1. The monoisotopic (exact) mass is 320 g/mol. The zero-order valence-corrected chi connectivity index (χ0v) is 12.8. The number of benzene rings is 1. The first kappa shape index (κ1) is 14.7. The van der Waals surface area contributed by atoms with E-state index in [2.05, 4.69) is 19.9 Å². The first-order valence-corrected chi connectivity index (χ1v) is 6.89. The Morgan fingerprint density at radius 3 is 2.27 bits per heavy atom. The van der Waals surface area contributed by atoms with E-state index < -0.39 is 11.6 Å². The molecule has 0 atom stereocenters. The molecule has 0 aliphatic heterocycles. The van der Waals surface area contributed by atoms with Gasteiger partial charge in [0.25, 0.3) is 0 Å². The smallest absolute Gasteiger partial charge is 0.225 e. The van der Waals surface area contributed by atoms with Crippen LogP contribution in [0.25, 0.3) is 22.4 Å². The van der Waals surface area contributed by atoms with E-state index in [1.165, 1.54) is 6.07 Å². The molecule has 0 saturated heterocycles. The van der Waals surface area contributed by atoms with E-state index in [4.69, 9.17) is 11.6 Å². The van der Waals surface area contributed by atoms with Gasteiger partial charge in [-0.05, 0) is 44.0 Å². The molecule has 0 fully saturated rings. The molecule has 3 aromatic rings. The molecule has 1 aromatic carbocycles. The van der Waals surface area contributed by atoms with E-state index in [1.807, 2.05) is 0 Å². The molecule has 0 radical (unpaired) electrons. The minimum Gasteiger partial charge on any atom is -0.246 e. The lowest BCUT2D eigenvalue weighted by molar-refractivity contribution is 0.579. The summed E-state index contributed by atoms with van der Waals surface area (Å²) in [6.07, 6.45) is 0. The molecule has 0 N–H and O–H groups in total. The van der Waals surface area contributed by atoms with Crippen molar-refractivity contribution >= 4 is 22.8 Å². The second kappa shape index (κ2) is 5.21. The van der Waals surface area contributed by atoms with Crippen LogP contribution < -0.4 is 0 Å². The van der Waals surface area contributed by atoms with Crippen LogP contribution in [-0.4, -0.2) is 19.9 Å². The van der Waals surface area contributed by atoms with E-state index in [0.29, 0.717) is 22.5 Å². The third kappa shape index (κ3) is 2.39. The Morgan fingerprint density at radius 2 is 1.55 bits per heavy atom. The average Bonchev–Trinajstić information content (AvgIpc) is 2.44. The standard InChI is InChI=1S/C15H11ClF2N4/c1-6-4-9(11(18)5-10(6)17)12-13-14(22-15(16)21-12)20-8(3)7(2)19-13/h4-5H,1-3H3. The van der Waals surface area contributed by atoms with Crippen LogP contribution in [0.1, 0.15) is 17.0 Å². The highest BCUT2D eigenvalue weighted by atomic mass is 35.5. The molecule has 4 nitrogen and oxygen atoms in total. The number of aryl methyl sites for hydroxylation is 3. The van der Waals surface area contributed by atoms with Gasteiger partial charge < -0.3 is 0 Å². The Bertz CT molecular complexity index is 912. The Labute approximate surface area is 130 Å². The zero-order valence-electron chi connectivity index (χ0n) is 12.1. The summed E-state index contributed by atoms with van der Waals surface area (Å²) in [6, 6.07) is 2.20. The van der Waals surface area contributed by atoms with Crippen LogP contribution in [0.2, 0.25) is 5.28 Å². The van der Waals surface area contributed by atoms with Gasteiger partial charge in [-0.3, -0.25) is 0 Å². The highest BCUT2D eigenvalue weighted by Crippen LogP contribution is 2.29. The summed E-state index contributed by atoms with van der Waals surface area (Å²) in [5.41, 5.74) is 2.60. The molecule has 22 heavy (non-hydrogen) atoms. The van der Waals surface area contributed by atoms with Crippen molar-refractivity contribution in [1.29, 1.82) is 0 Å². The van der Waals surface area contributed by atoms with Crippen LogP contribution in [0.5, 0.6) is 0 Å². The molecule has 112 valence electrons. The van der Waals surface area contributed by atoms with Crippen LogP contribution >= 0.6 is 11.6 Å². The summed E-state index contributed by atoms with van der Waals surface area (Å²) in [4.78, 5) is 16.8. The molecule has 0 saturated carbocycles. The number of aromatic nitrogens is 4. The Balaban J connectivity index is 2.40. The molecular formula is C15H11ClF2N4. The topological polar surface area (TPSA) is 51.6 Å². The highest BCUT2D eigenvalue weighted by molar-refractivity contribution is 6.28. The fourth-order valence-corrected chi connectivity index (χ4v) is 2.28. The number of hydrogen-bond donors (Lipinski definition) is 0. The summed E-state index contributed by atoms with van der Waals surface area (Å²) in [6.45, 7) is 5.12. The quantitative estimate of drug-likeness (QED) is 0.637. The minimum atomic E-state index is -0.737. The largest absolute Gasteiger partial charge is 0.246 e. The van der Waals surface area contributed by atoms with E-state index in [0.717, 1.165) is 6.07 Å². The normalized spacial score (nSPS) is 11.2. The SMILES string of the molecule is Cc1cc(-c2nc(Cl)nc3nc(C)c(C)nc23)c(F)cc1F. The third-order valence-corrected chi connectivity index (χ3v) is 3.59. The van der Waals surface area contributed by atoms with Gasteiger partial charge in [-0.25, -0.2) is 23.7 Å². The van der Waals surface area contributed by atoms with Crippen LogP contribution in [0.4, 0.5) is 8.78 Å². The van der Waals surface area contributed by atoms with Crippen LogP contribution in [0, 0.1) is 32.4 Å². The maximum Gasteiger partial charge on any atom is 0.225 e. The van der Waals surface area contributed by atoms with Crippen molar-refractivity contribution in [3.8, 4) is 11.3 Å². The molecule has 0 spiro atoms. The average molecular weight is 321 g/mol. The fraction of sp³-hybridized carbons (Fsp3) is 0.200. The van der Waals surface area contributed by atoms with E-state index in [9.17, 15) is 8.78 Å². The first-order valence-electron chi connectivity index (χ1n) is 6.51. The van der Waals surface area contributed by atoms with Crippen LogP contribution in [0.15, 0.2) is 12.1 Å². The Hall–Kier alpha value is -2.21. The van der Waals surface area contributed by atoms with Crippen LogP contribution in [0.3, 0.4) is 0 Å². The minimum absolute atomic E-state index is 0.0681. The summed E-state index contributed by atoms with van der Waals surface area (Å²) in [5.74, 6) is -1.36. The molecule has 0 amide bonds. The van der Waals surface area contributed by atoms with Crippen molar-refractivity contribution < 1.29 is 8.78 Å². The molecule has 7 heteroatoms. The van der Waals surface area contributed by atoms with Gasteiger partial charge in [0.2, 0.25) is 5.28 Å². The summed E-state index contributed by atoms with van der Waals surface area (Å²) in [7, 11) is 0. The van der Waals surface area contributed by atoms with Crippen LogP contribution in [-0.2, 0) is 0 Å². The van der Waals surface area contributed by atoms with E-state index in [-0.39, 0.29) is 22.2 Å². The van der Waals surface area contributed by atoms with Crippen molar-refractivity contribution in [3.05, 3.63) is 46.0 Å². The van der Waals surface area contributed by atoms with E-state index in [1.54, 1.807) is 20.8 Å². The lowest BCUT2D eigenvalue weighted by Gasteiger charge is -2.09. The molecule has 0 bridgehead atoms. The molecule has 0 unspecified atom stereocenters. The van der Waals surface area contributed by atoms with Crippen molar-refractivity contribution in [2.75, 3.05) is 0 Å². The molecule has 2 heterocycles. The van der Waals surface area contributed by atoms with Crippen molar-refractivity contribution in [2.45, 2.75) is 20.8 Å². The maximum atomic E-state index is 14.2. The van der Waals surface area contributed by atoms with Crippen molar-refractivity contribution in [3.63, 3.8) is 0 Å². The van der Waals surface area contributed by atoms with Gasteiger partial charge in [0, 0.05) is 11.6 Å². The third-order valence-electron chi connectivity index (χ3n) is 3.42. The second-order valence-corrected chi connectivity index (χ2v) is 5.33. The van der Waals surface area contributed by atoms with Gasteiger partial charge in [0.05, 0.1) is 11.4 Å². The van der Waals surface area contributed by atoms with Gasteiger partial charge in [-0.15, -0.1) is 0 Å². The predicted molar refractivity (Wildman–Crippen MR) is 79.7 cm³/mol. The van der Waals surface area contributed by atoms with Gasteiger partial charge in [-0.1, -0.05) is 0 Å². The number of nitrogens with zero attached hydrogens (tertiary/aromatic N) is 4. The predicted octanol–water partition coefficient (Wildman–Crippen LogP) is 3.94. The van der Waals surface area contributed by atoms with E-state index >= 15 is 0 Å². The summed E-state index contributed by atoms with van der Waals surface area (Å²) < 4.78 is 27.6. The molecule has 2 aromatic heterocycles. The molecule has 0 aliphatic rings. The number of halogens is 3. The van der Waals surface area contributed by atoms with Gasteiger partial charge in [0.1, 0.15) is 22.8 Å². The molecular weight excluding hydrogens is 310 g/mol.